The lowest BCUT2D eigenvalue weighted by molar-refractivity contribution is -0.137. The van der Waals surface area contributed by atoms with E-state index in [0.717, 1.165) is 63.0 Å². The van der Waals surface area contributed by atoms with Crippen LogP contribution >= 0.6 is 0 Å². The molecule has 8 heteroatoms. The van der Waals surface area contributed by atoms with Crippen molar-refractivity contribution < 1.29 is 18.0 Å². The molecule has 1 aromatic heterocycles. The van der Waals surface area contributed by atoms with E-state index in [9.17, 15) is 18.0 Å². The number of nitrogens with one attached hydrogen (secondary N) is 2. The van der Waals surface area contributed by atoms with Gasteiger partial charge < -0.3 is 10.2 Å². The second-order valence-corrected chi connectivity index (χ2v) is 7.21. The summed E-state index contributed by atoms with van der Waals surface area (Å²) in [6, 6.07) is 5.21. The average molecular weight is 378 g/mol. The van der Waals surface area contributed by atoms with Gasteiger partial charge in [-0.15, -0.1) is 0 Å². The first kappa shape index (κ1) is 17.9. The lowest BCUT2D eigenvalue weighted by Gasteiger charge is -2.31. The van der Waals surface area contributed by atoms with Gasteiger partial charge in [0.05, 0.1) is 16.9 Å². The molecule has 0 atom stereocenters. The van der Waals surface area contributed by atoms with Gasteiger partial charge in [0.1, 0.15) is 0 Å². The average Bonchev–Trinajstić information content (AvgIpc) is 3.38. The van der Waals surface area contributed by atoms with E-state index in [1.165, 1.54) is 6.07 Å². The number of amides is 1. The summed E-state index contributed by atoms with van der Waals surface area (Å²) in [7, 11) is 0. The summed E-state index contributed by atoms with van der Waals surface area (Å²) in [4.78, 5) is 14.6. The molecule has 2 aliphatic rings. The highest BCUT2D eigenvalue weighted by atomic mass is 19.4. The Morgan fingerprint density at radius 1 is 1.15 bits per heavy atom. The monoisotopic (exact) mass is 378 g/mol. The van der Waals surface area contributed by atoms with Gasteiger partial charge in [0, 0.05) is 24.7 Å². The number of carbonyl (C=O) groups is 1. The SMILES string of the molecule is O=C(Nc1cc(C(F)(F)F)ccc1N1CCCCC1)c1cc(C2CC2)[nH]n1. The van der Waals surface area contributed by atoms with Crippen LogP contribution in [0.1, 0.15) is 59.8 Å². The van der Waals surface area contributed by atoms with Crippen molar-refractivity contribution in [2.24, 2.45) is 0 Å². The highest BCUT2D eigenvalue weighted by Crippen LogP contribution is 2.39. The molecule has 1 aliphatic carbocycles. The van der Waals surface area contributed by atoms with E-state index in [2.05, 4.69) is 15.5 Å². The van der Waals surface area contributed by atoms with E-state index < -0.39 is 17.6 Å². The van der Waals surface area contributed by atoms with E-state index in [1.807, 2.05) is 4.90 Å². The fourth-order valence-electron chi connectivity index (χ4n) is 3.47. The highest BCUT2D eigenvalue weighted by Gasteiger charge is 2.32. The van der Waals surface area contributed by atoms with Crippen molar-refractivity contribution in [2.45, 2.75) is 44.2 Å². The van der Waals surface area contributed by atoms with Gasteiger partial charge in [0.2, 0.25) is 0 Å². The predicted octanol–water partition coefficient (Wildman–Crippen LogP) is 4.55. The first-order valence-electron chi connectivity index (χ1n) is 9.24. The van der Waals surface area contributed by atoms with Crippen LogP contribution in [0, 0.1) is 0 Å². The molecule has 1 aromatic carbocycles. The summed E-state index contributed by atoms with van der Waals surface area (Å²) in [5.74, 6) is -0.0905. The second kappa shape index (κ2) is 6.90. The minimum atomic E-state index is -4.47. The Kier molecular flexibility index (Phi) is 4.57. The number of aromatic amines is 1. The van der Waals surface area contributed by atoms with Gasteiger partial charge in [-0.25, -0.2) is 0 Å². The fraction of sp³-hybridized carbons (Fsp3) is 0.474. The number of H-pyrrole nitrogens is 1. The van der Waals surface area contributed by atoms with Crippen LogP contribution in [0.3, 0.4) is 0 Å². The first-order valence-corrected chi connectivity index (χ1v) is 9.24. The Morgan fingerprint density at radius 3 is 2.56 bits per heavy atom. The number of hydrogen-bond donors (Lipinski definition) is 2. The van der Waals surface area contributed by atoms with Crippen LogP contribution in [0.5, 0.6) is 0 Å². The largest absolute Gasteiger partial charge is 0.416 e. The van der Waals surface area contributed by atoms with Crippen molar-refractivity contribution in [3.8, 4) is 0 Å². The van der Waals surface area contributed by atoms with Gasteiger partial charge in [-0.2, -0.15) is 18.3 Å². The van der Waals surface area contributed by atoms with E-state index in [-0.39, 0.29) is 11.4 Å². The highest BCUT2D eigenvalue weighted by molar-refractivity contribution is 6.04. The summed E-state index contributed by atoms with van der Waals surface area (Å²) < 4.78 is 39.5. The molecular formula is C19H21F3N4O. The Labute approximate surface area is 154 Å². The van der Waals surface area contributed by atoms with Crippen LogP contribution in [0.15, 0.2) is 24.3 Å². The minimum absolute atomic E-state index is 0.174. The molecule has 0 radical (unpaired) electrons. The Morgan fingerprint density at radius 2 is 1.89 bits per heavy atom. The van der Waals surface area contributed by atoms with Crippen LogP contribution in [-0.2, 0) is 6.18 Å². The maximum atomic E-state index is 13.2. The number of hydrogen-bond acceptors (Lipinski definition) is 3. The van der Waals surface area contributed by atoms with Crippen molar-refractivity contribution in [1.29, 1.82) is 0 Å². The molecule has 1 saturated carbocycles. The summed E-state index contributed by atoms with van der Waals surface area (Å²) in [5.41, 5.74) is 1.11. The maximum Gasteiger partial charge on any atom is 0.416 e. The molecule has 144 valence electrons. The lowest BCUT2D eigenvalue weighted by atomic mass is 10.1. The van der Waals surface area contributed by atoms with Gasteiger partial charge in [0.15, 0.2) is 5.69 Å². The molecule has 2 aromatic rings. The van der Waals surface area contributed by atoms with Gasteiger partial charge in [-0.05, 0) is 56.4 Å². The van der Waals surface area contributed by atoms with Crippen molar-refractivity contribution >= 4 is 17.3 Å². The third-order valence-corrected chi connectivity index (χ3v) is 5.12. The van der Waals surface area contributed by atoms with E-state index in [1.54, 1.807) is 6.07 Å². The van der Waals surface area contributed by atoms with Crippen molar-refractivity contribution in [1.82, 2.24) is 10.2 Å². The van der Waals surface area contributed by atoms with Crippen molar-refractivity contribution in [3.63, 3.8) is 0 Å². The number of halogens is 3. The number of rotatable bonds is 4. The third kappa shape index (κ3) is 3.94. The predicted molar refractivity (Wildman–Crippen MR) is 96.0 cm³/mol. The zero-order valence-corrected chi connectivity index (χ0v) is 14.8. The standard InChI is InChI=1S/C19H21F3N4O/c20-19(21,22)13-6-7-17(26-8-2-1-3-9-26)15(10-13)23-18(27)16-11-14(24-25-16)12-4-5-12/h6-7,10-12H,1-5,8-9H2,(H,23,27)(H,24,25). The van der Waals surface area contributed by atoms with Gasteiger partial charge >= 0.3 is 6.18 Å². The van der Waals surface area contributed by atoms with Crippen LogP contribution in [0.2, 0.25) is 0 Å². The molecule has 5 nitrogen and oxygen atoms in total. The normalized spacial score (nSPS) is 17.8. The van der Waals surface area contributed by atoms with E-state index in [4.69, 9.17) is 0 Å². The molecule has 0 bridgehead atoms. The number of nitrogens with zero attached hydrogens (tertiary/aromatic N) is 2. The van der Waals surface area contributed by atoms with Crippen molar-refractivity contribution in [2.75, 3.05) is 23.3 Å². The molecule has 1 saturated heterocycles. The number of alkyl halides is 3. The summed E-state index contributed by atoms with van der Waals surface area (Å²) in [6.07, 6.45) is 0.741. The molecule has 1 aliphatic heterocycles. The topological polar surface area (TPSA) is 61.0 Å². The molecule has 0 spiro atoms. The van der Waals surface area contributed by atoms with Gasteiger partial charge in [0.25, 0.3) is 5.91 Å². The number of aromatic nitrogens is 2. The minimum Gasteiger partial charge on any atom is -0.370 e. The van der Waals surface area contributed by atoms with E-state index in [0.29, 0.717) is 11.6 Å². The lowest BCUT2D eigenvalue weighted by Crippen LogP contribution is -2.30. The molecule has 0 unspecified atom stereocenters. The molecule has 4 rings (SSSR count). The second-order valence-electron chi connectivity index (χ2n) is 7.21. The van der Waals surface area contributed by atoms with Crippen LogP contribution < -0.4 is 10.2 Å². The Balaban J connectivity index is 1.61. The zero-order chi connectivity index (χ0) is 19.0. The quantitative estimate of drug-likeness (QED) is 0.821. The van der Waals surface area contributed by atoms with E-state index >= 15 is 0 Å². The summed E-state index contributed by atoms with van der Waals surface area (Å²) >= 11 is 0. The Bertz CT molecular complexity index is 836. The zero-order valence-electron chi connectivity index (χ0n) is 14.8. The molecule has 2 N–H and O–H groups in total. The molecule has 2 heterocycles. The number of anilines is 2. The van der Waals surface area contributed by atoms with Crippen LogP contribution in [0.25, 0.3) is 0 Å². The van der Waals surface area contributed by atoms with Crippen LogP contribution in [-0.4, -0.2) is 29.2 Å². The third-order valence-electron chi connectivity index (χ3n) is 5.12. The molecule has 2 fully saturated rings. The smallest absolute Gasteiger partial charge is 0.370 e. The summed E-state index contributed by atoms with van der Waals surface area (Å²) in [6.45, 7) is 1.53. The summed E-state index contributed by atoms with van der Waals surface area (Å²) in [5, 5.41) is 9.51. The first-order chi connectivity index (χ1) is 12.9. The maximum absolute atomic E-state index is 13.2. The number of carbonyl (C=O) groups excluding carboxylic acids is 1. The van der Waals surface area contributed by atoms with Crippen molar-refractivity contribution in [3.05, 3.63) is 41.2 Å². The number of piperidine rings is 1. The molecule has 1 amide bonds. The number of benzene rings is 1. The van der Waals surface area contributed by atoms with Crippen LogP contribution in [0.4, 0.5) is 24.5 Å². The molecule has 27 heavy (non-hydrogen) atoms. The Hall–Kier alpha value is -2.51. The fourth-order valence-corrected chi connectivity index (χ4v) is 3.47. The van der Waals surface area contributed by atoms with Gasteiger partial charge in [-0.1, -0.05) is 0 Å². The molecular weight excluding hydrogens is 357 g/mol. The van der Waals surface area contributed by atoms with Gasteiger partial charge in [-0.3, -0.25) is 9.89 Å².